The van der Waals surface area contributed by atoms with Crippen LogP contribution in [0.25, 0.3) is 0 Å². The lowest BCUT2D eigenvalue weighted by atomic mass is 10.0. The highest BCUT2D eigenvalue weighted by Gasteiger charge is 2.39. The van der Waals surface area contributed by atoms with Crippen LogP contribution in [0.15, 0.2) is 66.7 Å². The molecule has 0 saturated carbocycles. The minimum absolute atomic E-state index is 0.180. The first-order valence-corrected chi connectivity index (χ1v) is 9.80. The number of nitrogens with zero attached hydrogens (tertiary/aromatic N) is 1. The van der Waals surface area contributed by atoms with Gasteiger partial charge in [0.2, 0.25) is 5.91 Å². The number of nitrogens with one attached hydrogen (secondary N) is 1. The van der Waals surface area contributed by atoms with Crippen LogP contribution in [0.5, 0.6) is 0 Å². The van der Waals surface area contributed by atoms with Crippen LogP contribution in [-0.4, -0.2) is 12.5 Å². The third-order valence-corrected chi connectivity index (χ3v) is 5.67. The number of fused-ring (bicyclic) bond motifs is 1. The molecule has 0 radical (unpaired) electrons. The van der Waals surface area contributed by atoms with E-state index in [0.29, 0.717) is 21.4 Å². The van der Waals surface area contributed by atoms with Crippen LogP contribution in [-0.2, 0) is 11.0 Å². The molecular formula is C22H15Cl2F3N2O. The van der Waals surface area contributed by atoms with E-state index in [9.17, 15) is 18.0 Å². The maximum Gasteiger partial charge on any atom is 0.416 e. The highest BCUT2D eigenvalue weighted by atomic mass is 35.5. The van der Waals surface area contributed by atoms with Gasteiger partial charge in [-0.3, -0.25) is 9.69 Å². The van der Waals surface area contributed by atoms with Gasteiger partial charge in [-0.1, -0.05) is 47.5 Å². The van der Waals surface area contributed by atoms with E-state index >= 15 is 0 Å². The Morgan fingerprint density at radius 3 is 2.43 bits per heavy atom. The Labute approximate surface area is 181 Å². The average Bonchev–Trinajstić information content (AvgIpc) is 2.99. The van der Waals surface area contributed by atoms with Crippen molar-refractivity contribution >= 4 is 46.2 Å². The number of amides is 1. The zero-order valence-electron chi connectivity index (χ0n) is 15.4. The van der Waals surface area contributed by atoms with Crippen molar-refractivity contribution in [2.75, 3.05) is 16.8 Å². The maximum atomic E-state index is 13.2. The summed E-state index contributed by atoms with van der Waals surface area (Å²) in [5.41, 5.74) is 1.38. The summed E-state index contributed by atoms with van der Waals surface area (Å²) in [5.74, 6) is -0.867. The second-order valence-electron chi connectivity index (χ2n) is 6.84. The number of anilines is 3. The van der Waals surface area contributed by atoms with E-state index < -0.39 is 17.7 Å². The SMILES string of the molecule is O=C1C(CNc2ccc(Cl)c(Cl)c2)c2ccccc2N1c1cccc(C(F)(F)F)c1. The molecule has 8 heteroatoms. The molecule has 1 heterocycles. The van der Waals surface area contributed by atoms with Gasteiger partial charge in [0, 0.05) is 17.9 Å². The number of carbonyl (C=O) groups excluding carboxylic acids is 1. The van der Waals surface area contributed by atoms with Crippen molar-refractivity contribution < 1.29 is 18.0 Å². The summed E-state index contributed by atoms with van der Waals surface area (Å²) in [7, 11) is 0. The third kappa shape index (κ3) is 3.85. The molecule has 0 saturated heterocycles. The Morgan fingerprint density at radius 2 is 1.70 bits per heavy atom. The number of benzene rings is 3. The van der Waals surface area contributed by atoms with E-state index in [0.717, 1.165) is 17.7 Å². The summed E-state index contributed by atoms with van der Waals surface area (Å²) < 4.78 is 39.5. The van der Waals surface area contributed by atoms with Gasteiger partial charge >= 0.3 is 6.18 Å². The van der Waals surface area contributed by atoms with Gasteiger partial charge in [0.15, 0.2) is 0 Å². The quantitative estimate of drug-likeness (QED) is 0.469. The van der Waals surface area contributed by atoms with Crippen LogP contribution in [0.2, 0.25) is 10.0 Å². The largest absolute Gasteiger partial charge is 0.416 e. The summed E-state index contributed by atoms with van der Waals surface area (Å²) in [6.07, 6.45) is -4.49. The van der Waals surface area contributed by atoms with E-state index in [1.54, 1.807) is 36.4 Å². The molecular weight excluding hydrogens is 436 g/mol. The molecule has 1 N–H and O–H groups in total. The topological polar surface area (TPSA) is 32.3 Å². The number of rotatable bonds is 4. The van der Waals surface area contributed by atoms with Crippen molar-refractivity contribution in [2.45, 2.75) is 12.1 Å². The molecule has 0 fully saturated rings. The summed E-state index contributed by atoms with van der Waals surface area (Å²) in [5, 5.41) is 3.96. The van der Waals surface area contributed by atoms with E-state index in [1.165, 1.54) is 17.0 Å². The number of alkyl halides is 3. The summed E-state index contributed by atoms with van der Waals surface area (Å²) in [6.45, 7) is 0.253. The molecule has 0 aromatic heterocycles. The zero-order valence-corrected chi connectivity index (χ0v) is 16.9. The lowest BCUT2D eigenvalue weighted by Crippen LogP contribution is -2.27. The normalized spacial score (nSPS) is 16.0. The Balaban J connectivity index is 1.65. The molecule has 154 valence electrons. The molecule has 1 aliphatic rings. The van der Waals surface area contributed by atoms with Gasteiger partial charge < -0.3 is 5.32 Å². The van der Waals surface area contributed by atoms with Crippen molar-refractivity contribution in [3.8, 4) is 0 Å². The lowest BCUT2D eigenvalue weighted by molar-refractivity contribution is -0.137. The number of hydrogen-bond acceptors (Lipinski definition) is 2. The van der Waals surface area contributed by atoms with Crippen LogP contribution >= 0.6 is 23.2 Å². The second kappa shape index (κ2) is 7.85. The molecule has 1 atom stereocenters. The molecule has 0 aliphatic carbocycles. The average molecular weight is 451 g/mol. The van der Waals surface area contributed by atoms with Crippen LogP contribution in [0.3, 0.4) is 0 Å². The van der Waals surface area contributed by atoms with E-state index in [4.69, 9.17) is 23.2 Å². The molecule has 4 rings (SSSR count). The Bertz CT molecular complexity index is 1120. The molecule has 30 heavy (non-hydrogen) atoms. The smallest absolute Gasteiger partial charge is 0.384 e. The minimum atomic E-state index is -4.49. The van der Waals surface area contributed by atoms with Gasteiger partial charge in [-0.05, 0) is 48.0 Å². The van der Waals surface area contributed by atoms with Crippen molar-refractivity contribution in [1.29, 1.82) is 0 Å². The highest BCUT2D eigenvalue weighted by Crippen LogP contribution is 2.43. The molecule has 3 nitrogen and oxygen atoms in total. The minimum Gasteiger partial charge on any atom is -0.384 e. The zero-order chi connectivity index (χ0) is 21.5. The van der Waals surface area contributed by atoms with Crippen molar-refractivity contribution in [2.24, 2.45) is 0 Å². The fourth-order valence-corrected chi connectivity index (χ4v) is 3.80. The number of hydrogen-bond donors (Lipinski definition) is 1. The predicted molar refractivity (Wildman–Crippen MR) is 113 cm³/mol. The first kappa shape index (κ1) is 20.6. The van der Waals surface area contributed by atoms with Gasteiger partial charge in [0.1, 0.15) is 0 Å². The van der Waals surface area contributed by atoms with E-state index in [1.807, 2.05) is 6.07 Å². The van der Waals surface area contributed by atoms with Crippen molar-refractivity contribution in [1.82, 2.24) is 0 Å². The third-order valence-electron chi connectivity index (χ3n) is 4.93. The lowest BCUT2D eigenvalue weighted by Gasteiger charge is -2.20. The Hall–Kier alpha value is -2.70. The monoisotopic (exact) mass is 450 g/mol. The second-order valence-corrected chi connectivity index (χ2v) is 7.66. The summed E-state index contributed by atoms with van der Waals surface area (Å²) >= 11 is 12.0. The first-order valence-electron chi connectivity index (χ1n) is 9.05. The van der Waals surface area contributed by atoms with Gasteiger partial charge in [0.25, 0.3) is 0 Å². The first-order chi connectivity index (χ1) is 14.3. The fraction of sp³-hybridized carbons (Fsp3) is 0.136. The van der Waals surface area contributed by atoms with Crippen LogP contribution in [0, 0.1) is 0 Å². The van der Waals surface area contributed by atoms with Crippen molar-refractivity contribution in [3.63, 3.8) is 0 Å². The number of halogens is 5. The van der Waals surface area contributed by atoms with Gasteiger partial charge in [-0.25, -0.2) is 0 Å². The Kier molecular flexibility index (Phi) is 5.38. The predicted octanol–water partition coefficient (Wildman–Crippen LogP) is 6.89. The molecule has 0 bridgehead atoms. The standard InChI is InChI=1S/C22H15Cl2F3N2O/c23-18-9-8-14(11-19(18)24)28-12-17-16-6-1-2-7-20(16)29(21(17)30)15-5-3-4-13(10-15)22(25,26)27/h1-11,17,28H,12H2. The number of para-hydroxylation sites is 1. The Morgan fingerprint density at radius 1 is 0.933 bits per heavy atom. The maximum absolute atomic E-state index is 13.2. The molecule has 1 aliphatic heterocycles. The summed E-state index contributed by atoms with van der Waals surface area (Å²) in [6, 6.07) is 16.9. The molecule has 3 aromatic carbocycles. The highest BCUT2D eigenvalue weighted by molar-refractivity contribution is 6.42. The van der Waals surface area contributed by atoms with Crippen LogP contribution in [0.1, 0.15) is 17.0 Å². The summed E-state index contributed by atoms with van der Waals surface area (Å²) in [4.78, 5) is 14.6. The molecule has 1 amide bonds. The van der Waals surface area contributed by atoms with Gasteiger partial charge in [-0.2, -0.15) is 13.2 Å². The molecule has 1 unspecified atom stereocenters. The van der Waals surface area contributed by atoms with Crippen molar-refractivity contribution in [3.05, 3.63) is 87.9 Å². The van der Waals surface area contributed by atoms with Gasteiger partial charge in [0.05, 0.1) is 27.2 Å². The van der Waals surface area contributed by atoms with E-state index in [-0.39, 0.29) is 18.1 Å². The fourth-order valence-electron chi connectivity index (χ4n) is 3.50. The number of carbonyl (C=O) groups is 1. The molecule has 3 aromatic rings. The van der Waals surface area contributed by atoms with Crippen LogP contribution in [0.4, 0.5) is 30.2 Å². The van der Waals surface area contributed by atoms with Crippen LogP contribution < -0.4 is 10.2 Å². The van der Waals surface area contributed by atoms with E-state index in [2.05, 4.69) is 5.32 Å². The molecule has 0 spiro atoms. The van der Waals surface area contributed by atoms with Gasteiger partial charge in [-0.15, -0.1) is 0 Å².